The van der Waals surface area contributed by atoms with Gasteiger partial charge in [-0.1, -0.05) is 6.92 Å². The van der Waals surface area contributed by atoms with Gasteiger partial charge in [-0.3, -0.25) is 0 Å². The zero-order chi connectivity index (χ0) is 14.3. The summed E-state index contributed by atoms with van der Waals surface area (Å²) in [5.74, 6) is 6.66. The minimum atomic E-state index is -0.829. The number of aliphatic hydroxyl groups excluding tert-OH is 2. The van der Waals surface area contributed by atoms with Crippen molar-refractivity contribution in [3.63, 3.8) is 0 Å². The monoisotopic (exact) mass is 271 g/mol. The Morgan fingerprint density at radius 1 is 1.32 bits per heavy atom. The highest BCUT2D eigenvalue weighted by molar-refractivity contribution is 5.48. The molecular formula is C11H21N5O3. The van der Waals surface area contributed by atoms with Gasteiger partial charge in [0.05, 0.1) is 18.8 Å². The second-order valence-corrected chi connectivity index (χ2v) is 4.21. The summed E-state index contributed by atoms with van der Waals surface area (Å²) in [5.41, 5.74) is 1.61. The predicted octanol–water partition coefficient (Wildman–Crippen LogP) is -0.546. The number of nitrogens with two attached hydrogens (primary N) is 1. The van der Waals surface area contributed by atoms with Gasteiger partial charge >= 0.3 is 0 Å². The molecule has 1 heterocycles. The molecule has 1 aromatic heterocycles. The molecule has 0 aliphatic heterocycles. The van der Waals surface area contributed by atoms with E-state index in [2.05, 4.69) is 20.7 Å². The summed E-state index contributed by atoms with van der Waals surface area (Å²) in [4.78, 5) is 8.35. The first-order valence-corrected chi connectivity index (χ1v) is 5.96. The molecule has 19 heavy (non-hydrogen) atoms. The maximum absolute atomic E-state index is 9.41. The van der Waals surface area contributed by atoms with Gasteiger partial charge in [0, 0.05) is 13.2 Å². The second-order valence-electron chi connectivity index (χ2n) is 4.21. The Labute approximate surface area is 112 Å². The fraction of sp³-hybridized carbons (Fsp3) is 0.636. The van der Waals surface area contributed by atoms with Crippen molar-refractivity contribution in [2.24, 2.45) is 5.84 Å². The van der Waals surface area contributed by atoms with Crippen LogP contribution < -0.4 is 16.6 Å². The van der Waals surface area contributed by atoms with Crippen molar-refractivity contribution in [2.75, 3.05) is 31.1 Å². The molecule has 0 aliphatic rings. The van der Waals surface area contributed by atoms with Crippen LogP contribution in [-0.2, 0) is 11.3 Å². The summed E-state index contributed by atoms with van der Waals surface area (Å²) in [6.07, 6.45) is 0.537. The normalized spacial score (nSPS) is 11.4. The van der Waals surface area contributed by atoms with E-state index >= 15 is 0 Å². The fourth-order valence-electron chi connectivity index (χ4n) is 1.54. The molecule has 0 saturated carbocycles. The number of methoxy groups -OCH3 is 1. The van der Waals surface area contributed by atoms with Crippen LogP contribution in [0.25, 0.3) is 0 Å². The van der Waals surface area contributed by atoms with Crippen LogP contribution in [0.2, 0.25) is 0 Å². The quantitative estimate of drug-likeness (QED) is 0.315. The predicted molar refractivity (Wildman–Crippen MR) is 71.4 cm³/mol. The van der Waals surface area contributed by atoms with E-state index in [0.29, 0.717) is 23.9 Å². The lowest BCUT2D eigenvalue weighted by molar-refractivity contribution is 0.132. The number of rotatable bonds is 8. The van der Waals surface area contributed by atoms with E-state index in [-0.39, 0.29) is 19.8 Å². The van der Waals surface area contributed by atoms with E-state index < -0.39 is 5.54 Å². The third-order valence-corrected chi connectivity index (χ3v) is 2.87. The number of nitrogens with zero attached hydrogens (tertiary/aromatic N) is 2. The smallest absolute Gasteiger partial charge is 0.158 e. The maximum atomic E-state index is 9.41. The highest BCUT2D eigenvalue weighted by Gasteiger charge is 2.27. The van der Waals surface area contributed by atoms with Gasteiger partial charge < -0.3 is 25.7 Å². The molecule has 1 rings (SSSR count). The number of nitrogen functional groups attached to an aromatic ring is 1. The first-order valence-electron chi connectivity index (χ1n) is 5.96. The van der Waals surface area contributed by atoms with E-state index in [1.165, 1.54) is 7.11 Å². The van der Waals surface area contributed by atoms with Gasteiger partial charge in [0.15, 0.2) is 5.82 Å². The molecule has 0 radical (unpaired) electrons. The third-order valence-electron chi connectivity index (χ3n) is 2.87. The van der Waals surface area contributed by atoms with Crippen LogP contribution in [0, 0.1) is 0 Å². The maximum Gasteiger partial charge on any atom is 0.158 e. The molecule has 0 bridgehead atoms. The first kappa shape index (κ1) is 15.6. The summed E-state index contributed by atoms with van der Waals surface area (Å²) < 4.78 is 4.97. The van der Waals surface area contributed by atoms with E-state index in [0.717, 1.165) is 0 Å². The third kappa shape index (κ3) is 4.00. The molecule has 0 aromatic carbocycles. The molecule has 0 atom stereocenters. The van der Waals surface area contributed by atoms with Gasteiger partial charge in [-0.25, -0.2) is 15.8 Å². The number of ether oxygens (including phenoxy) is 1. The molecule has 0 aliphatic carbocycles. The molecule has 0 amide bonds. The van der Waals surface area contributed by atoms with Crippen molar-refractivity contribution in [2.45, 2.75) is 25.5 Å². The summed E-state index contributed by atoms with van der Waals surface area (Å²) in [6, 6.07) is 1.59. The summed E-state index contributed by atoms with van der Waals surface area (Å²) in [6.45, 7) is 1.67. The van der Waals surface area contributed by atoms with Crippen LogP contribution in [0.3, 0.4) is 0 Å². The van der Waals surface area contributed by atoms with Gasteiger partial charge in [0.2, 0.25) is 0 Å². The zero-order valence-corrected chi connectivity index (χ0v) is 11.2. The Morgan fingerprint density at radius 2 is 1.95 bits per heavy atom. The average molecular weight is 271 g/mol. The largest absolute Gasteiger partial charge is 0.394 e. The summed E-state index contributed by atoms with van der Waals surface area (Å²) >= 11 is 0. The Balaban J connectivity index is 3.01. The highest BCUT2D eigenvalue weighted by atomic mass is 16.5. The highest BCUT2D eigenvalue weighted by Crippen LogP contribution is 2.19. The second kappa shape index (κ2) is 7.19. The summed E-state index contributed by atoms with van der Waals surface area (Å²) in [5, 5.41) is 21.8. The van der Waals surface area contributed by atoms with E-state index in [9.17, 15) is 10.2 Å². The number of aliphatic hydroxyl groups is 2. The van der Waals surface area contributed by atoms with Crippen molar-refractivity contribution < 1.29 is 14.9 Å². The summed E-state index contributed by atoms with van der Waals surface area (Å²) in [7, 11) is 1.54. The van der Waals surface area contributed by atoms with Gasteiger partial charge in [0.25, 0.3) is 0 Å². The lowest BCUT2D eigenvalue weighted by atomic mass is 9.98. The van der Waals surface area contributed by atoms with Crippen molar-refractivity contribution in [3.05, 3.63) is 11.9 Å². The molecule has 0 spiro atoms. The number of anilines is 2. The van der Waals surface area contributed by atoms with Gasteiger partial charge in [-0.15, -0.1) is 0 Å². The molecule has 108 valence electrons. The molecule has 0 unspecified atom stereocenters. The standard InChI is InChI=1S/C11H21N5O3/c1-3-11(6-17,7-18)15-8-4-9(16-12)14-10(13-8)5-19-2/h4,17-18H,3,5-7,12H2,1-2H3,(H2,13,14,15,16). The van der Waals surface area contributed by atoms with Crippen molar-refractivity contribution in [1.82, 2.24) is 9.97 Å². The Bertz CT molecular complexity index is 390. The van der Waals surface area contributed by atoms with Crippen LogP contribution in [0.15, 0.2) is 6.07 Å². The average Bonchev–Trinajstić information content (AvgIpc) is 2.45. The van der Waals surface area contributed by atoms with E-state index in [1.807, 2.05) is 6.92 Å². The minimum absolute atomic E-state index is 0.213. The first-order chi connectivity index (χ1) is 9.12. The molecular weight excluding hydrogens is 250 g/mol. The Hall–Kier alpha value is -1.48. The number of nitrogens with one attached hydrogen (secondary N) is 2. The van der Waals surface area contributed by atoms with Crippen LogP contribution in [0.1, 0.15) is 19.2 Å². The number of aromatic nitrogens is 2. The minimum Gasteiger partial charge on any atom is -0.394 e. The van der Waals surface area contributed by atoms with Crippen LogP contribution in [0.4, 0.5) is 11.6 Å². The molecule has 8 nitrogen and oxygen atoms in total. The van der Waals surface area contributed by atoms with Crippen LogP contribution in [-0.4, -0.2) is 46.0 Å². The lowest BCUT2D eigenvalue weighted by Gasteiger charge is -2.30. The van der Waals surface area contributed by atoms with Crippen molar-refractivity contribution in [3.8, 4) is 0 Å². The van der Waals surface area contributed by atoms with Crippen LogP contribution in [0.5, 0.6) is 0 Å². The SMILES string of the molecule is CCC(CO)(CO)Nc1cc(NN)nc(COC)n1. The van der Waals surface area contributed by atoms with Gasteiger partial charge in [0.1, 0.15) is 18.2 Å². The number of hydrazine groups is 1. The number of hydrogen-bond acceptors (Lipinski definition) is 8. The molecule has 0 fully saturated rings. The fourth-order valence-corrected chi connectivity index (χ4v) is 1.54. The molecule has 1 aromatic rings. The molecule has 6 N–H and O–H groups in total. The van der Waals surface area contributed by atoms with Crippen molar-refractivity contribution >= 4 is 11.6 Å². The van der Waals surface area contributed by atoms with Crippen molar-refractivity contribution in [1.29, 1.82) is 0 Å². The molecule has 8 heteroatoms. The van der Waals surface area contributed by atoms with E-state index in [1.54, 1.807) is 6.07 Å². The number of hydrogen-bond donors (Lipinski definition) is 5. The van der Waals surface area contributed by atoms with Crippen LogP contribution >= 0.6 is 0 Å². The van der Waals surface area contributed by atoms with E-state index in [4.69, 9.17) is 10.6 Å². The topological polar surface area (TPSA) is 126 Å². The Kier molecular flexibility index (Phi) is 5.90. The Morgan fingerprint density at radius 3 is 2.42 bits per heavy atom. The molecule has 0 saturated heterocycles. The zero-order valence-electron chi connectivity index (χ0n) is 11.2. The van der Waals surface area contributed by atoms with Gasteiger partial charge in [-0.2, -0.15) is 0 Å². The lowest BCUT2D eigenvalue weighted by Crippen LogP contribution is -2.45. The van der Waals surface area contributed by atoms with Gasteiger partial charge in [-0.05, 0) is 6.42 Å².